The van der Waals surface area contributed by atoms with E-state index in [-0.39, 0.29) is 0 Å². The standard InChI is InChI=1S/C10H11IO/c11-9-5-3-8(4-6-9)10-2-1-7-12-10/h3-6,10H,1-2,7H2/t10-/m1/s1. The molecular formula is C10H11IO. The third kappa shape index (κ3) is 1.80. The van der Waals surface area contributed by atoms with Gasteiger partial charge in [-0.05, 0) is 53.1 Å². The van der Waals surface area contributed by atoms with E-state index in [1.807, 2.05) is 0 Å². The molecule has 0 spiro atoms. The number of halogens is 1. The van der Waals surface area contributed by atoms with Crippen LogP contribution in [0.4, 0.5) is 0 Å². The zero-order valence-corrected chi connectivity index (χ0v) is 8.95. The summed E-state index contributed by atoms with van der Waals surface area (Å²) >= 11 is 2.32. The summed E-state index contributed by atoms with van der Waals surface area (Å²) in [5, 5.41) is 0. The molecule has 1 aliphatic heterocycles. The summed E-state index contributed by atoms with van der Waals surface area (Å²) in [6.45, 7) is 0.927. The fourth-order valence-electron chi connectivity index (χ4n) is 1.52. The fourth-order valence-corrected chi connectivity index (χ4v) is 1.88. The Morgan fingerprint density at radius 2 is 2.00 bits per heavy atom. The number of benzene rings is 1. The van der Waals surface area contributed by atoms with Crippen molar-refractivity contribution in [3.63, 3.8) is 0 Å². The van der Waals surface area contributed by atoms with Gasteiger partial charge in [-0.1, -0.05) is 12.1 Å². The van der Waals surface area contributed by atoms with Gasteiger partial charge in [0.15, 0.2) is 0 Å². The molecule has 0 amide bonds. The first-order valence-corrected chi connectivity index (χ1v) is 5.31. The maximum atomic E-state index is 5.58. The van der Waals surface area contributed by atoms with E-state index in [1.54, 1.807) is 0 Å². The van der Waals surface area contributed by atoms with Crippen molar-refractivity contribution >= 4 is 22.6 Å². The molecule has 1 atom stereocenters. The average molecular weight is 274 g/mol. The van der Waals surface area contributed by atoms with Gasteiger partial charge in [0.2, 0.25) is 0 Å². The smallest absolute Gasteiger partial charge is 0.0825 e. The molecule has 64 valence electrons. The molecule has 2 heteroatoms. The first-order valence-electron chi connectivity index (χ1n) is 4.23. The summed E-state index contributed by atoms with van der Waals surface area (Å²) in [5.74, 6) is 0. The number of ether oxygens (including phenoxy) is 1. The molecule has 0 saturated carbocycles. The SMILES string of the molecule is Ic1ccc([C@H]2CCCO2)cc1. The van der Waals surface area contributed by atoms with E-state index >= 15 is 0 Å². The highest BCUT2D eigenvalue weighted by Crippen LogP contribution is 2.28. The van der Waals surface area contributed by atoms with Gasteiger partial charge >= 0.3 is 0 Å². The molecular weight excluding hydrogens is 263 g/mol. The lowest BCUT2D eigenvalue weighted by Crippen LogP contribution is -1.94. The van der Waals surface area contributed by atoms with Crippen molar-refractivity contribution in [2.75, 3.05) is 6.61 Å². The quantitative estimate of drug-likeness (QED) is 0.715. The fraction of sp³-hybridized carbons (Fsp3) is 0.400. The first-order chi connectivity index (χ1) is 5.86. The van der Waals surface area contributed by atoms with E-state index in [0.717, 1.165) is 6.61 Å². The molecule has 1 saturated heterocycles. The van der Waals surface area contributed by atoms with Gasteiger partial charge in [0.25, 0.3) is 0 Å². The summed E-state index contributed by atoms with van der Waals surface area (Å²) in [5.41, 5.74) is 1.33. The Morgan fingerprint density at radius 3 is 2.58 bits per heavy atom. The summed E-state index contributed by atoms with van der Waals surface area (Å²) in [6, 6.07) is 8.60. The van der Waals surface area contributed by atoms with Gasteiger partial charge in [-0.25, -0.2) is 0 Å². The highest BCUT2D eigenvalue weighted by atomic mass is 127. The Morgan fingerprint density at radius 1 is 1.25 bits per heavy atom. The van der Waals surface area contributed by atoms with E-state index in [4.69, 9.17) is 4.74 Å². The van der Waals surface area contributed by atoms with Gasteiger partial charge in [-0.2, -0.15) is 0 Å². The van der Waals surface area contributed by atoms with Crippen LogP contribution in [-0.2, 0) is 4.74 Å². The third-order valence-electron chi connectivity index (χ3n) is 2.17. The van der Waals surface area contributed by atoms with Gasteiger partial charge < -0.3 is 4.74 Å². The molecule has 0 unspecified atom stereocenters. The molecule has 0 radical (unpaired) electrons. The van der Waals surface area contributed by atoms with Gasteiger partial charge in [0.05, 0.1) is 6.10 Å². The van der Waals surface area contributed by atoms with Crippen LogP contribution in [0.25, 0.3) is 0 Å². The second kappa shape index (κ2) is 3.75. The predicted molar refractivity (Wildman–Crippen MR) is 57.1 cm³/mol. The van der Waals surface area contributed by atoms with Crippen molar-refractivity contribution in [3.8, 4) is 0 Å². The summed E-state index contributed by atoms with van der Waals surface area (Å²) < 4.78 is 6.86. The van der Waals surface area contributed by atoms with Crippen molar-refractivity contribution in [1.29, 1.82) is 0 Å². The van der Waals surface area contributed by atoms with Crippen LogP contribution in [0.1, 0.15) is 24.5 Å². The van der Waals surface area contributed by atoms with E-state index in [0.29, 0.717) is 6.10 Å². The molecule has 1 aromatic carbocycles. The molecule has 12 heavy (non-hydrogen) atoms. The molecule has 2 rings (SSSR count). The number of rotatable bonds is 1. The molecule has 0 aromatic heterocycles. The lowest BCUT2D eigenvalue weighted by Gasteiger charge is -2.08. The minimum Gasteiger partial charge on any atom is -0.374 e. The van der Waals surface area contributed by atoms with Crippen LogP contribution in [0.15, 0.2) is 24.3 Å². The highest BCUT2D eigenvalue weighted by Gasteiger charge is 2.16. The van der Waals surface area contributed by atoms with Gasteiger partial charge in [-0.15, -0.1) is 0 Å². The van der Waals surface area contributed by atoms with E-state index in [9.17, 15) is 0 Å². The minimum absolute atomic E-state index is 0.363. The normalized spacial score (nSPS) is 22.9. The Hall–Kier alpha value is -0.0900. The lowest BCUT2D eigenvalue weighted by atomic mass is 10.1. The second-order valence-electron chi connectivity index (χ2n) is 3.05. The Bertz CT molecular complexity index is 249. The van der Waals surface area contributed by atoms with Crippen LogP contribution < -0.4 is 0 Å². The van der Waals surface area contributed by atoms with Crippen LogP contribution in [0.2, 0.25) is 0 Å². The topological polar surface area (TPSA) is 9.23 Å². The average Bonchev–Trinajstić information content (AvgIpc) is 2.58. The summed E-state index contributed by atoms with van der Waals surface area (Å²) in [6.07, 6.45) is 2.75. The van der Waals surface area contributed by atoms with Crippen LogP contribution in [0, 0.1) is 3.57 Å². The summed E-state index contributed by atoms with van der Waals surface area (Å²) in [4.78, 5) is 0. The van der Waals surface area contributed by atoms with Crippen molar-refractivity contribution in [3.05, 3.63) is 33.4 Å². The first kappa shape index (κ1) is 8.51. The van der Waals surface area contributed by atoms with Crippen LogP contribution in [0.5, 0.6) is 0 Å². The second-order valence-corrected chi connectivity index (χ2v) is 4.30. The third-order valence-corrected chi connectivity index (χ3v) is 2.89. The maximum Gasteiger partial charge on any atom is 0.0825 e. The summed E-state index contributed by atoms with van der Waals surface area (Å²) in [7, 11) is 0. The van der Waals surface area contributed by atoms with Gasteiger partial charge in [0, 0.05) is 10.2 Å². The van der Waals surface area contributed by atoms with E-state index in [2.05, 4.69) is 46.9 Å². The molecule has 0 N–H and O–H groups in total. The molecule has 1 aliphatic rings. The monoisotopic (exact) mass is 274 g/mol. The Balaban J connectivity index is 2.17. The predicted octanol–water partition coefficient (Wildman–Crippen LogP) is 3.14. The molecule has 1 aromatic rings. The minimum atomic E-state index is 0.363. The highest BCUT2D eigenvalue weighted by molar-refractivity contribution is 14.1. The van der Waals surface area contributed by atoms with Crippen LogP contribution in [-0.4, -0.2) is 6.61 Å². The molecule has 1 nitrogen and oxygen atoms in total. The molecule has 1 fully saturated rings. The largest absolute Gasteiger partial charge is 0.374 e. The van der Waals surface area contributed by atoms with Crippen LogP contribution >= 0.6 is 22.6 Å². The maximum absolute atomic E-state index is 5.58. The zero-order valence-electron chi connectivity index (χ0n) is 6.79. The van der Waals surface area contributed by atoms with Crippen molar-refractivity contribution in [1.82, 2.24) is 0 Å². The molecule has 0 aliphatic carbocycles. The van der Waals surface area contributed by atoms with E-state index < -0.39 is 0 Å². The molecule has 0 bridgehead atoms. The number of hydrogen-bond donors (Lipinski definition) is 0. The Labute approximate surface area is 86.3 Å². The lowest BCUT2D eigenvalue weighted by molar-refractivity contribution is 0.112. The van der Waals surface area contributed by atoms with Crippen molar-refractivity contribution in [2.45, 2.75) is 18.9 Å². The zero-order chi connectivity index (χ0) is 8.39. The van der Waals surface area contributed by atoms with Gasteiger partial charge in [0.1, 0.15) is 0 Å². The number of hydrogen-bond acceptors (Lipinski definition) is 1. The van der Waals surface area contributed by atoms with Gasteiger partial charge in [-0.3, -0.25) is 0 Å². The van der Waals surface area contributed by atoms with E-state index in [1.165, 1.54) is 22.0 Å². The van der Waals surface area contributed by atoms with Crippen LogP contribution in [0.3, 0.4) is 0 Å². The van der Waals surface area contributed by atoms with Crippen molar-refractivity contribution < 1.29 is 4.74 Å². The molecule has 1 heterocycles. The Kier molecular flexibility index (Phi) is 2.66. The van der Waals surface area contributed by atoms with Crippen molar-refractivity contribution in [2.24, 2.45) is 0 Å².